The third kappa shape index (κ3) is 3.39. The zero-order valence-electron chi connectivity index (χ0n) is 10.9. The van der Waals surface area contributed by atoms with Crippen molar-refractivity contribution in [3.63, 3.8) is 0 Å². The van der Waals surface area contributed by atoms with Crippen molar-refractivity contribution in [1.29, 1.82) is 0 Å². The first-order valence-electron chi connectivity index (χ1n) is 5.97. The van der Waals surface area contributed by atoms with Crippen LogP contribution in [-0.4, -0.2) is 42.6 Å². The molecule has 1 aliphatic rings. The van der Waals surface area contributed by atoms with Crippen LogP contribution in [0.2, 0.25) is 0 Å². The van der Waals surface area contributed by atoms with Crippen molar-refractivity contribution in [2.75, 3.05) is 26.8 Å². The average molecular weight is 258 g/mol. The summed E-state index contributed by atoms with van der Waals surface area (Å²) in [4.78, 5) is 14.5. The second-order valence-electron chi connectivity index (χ2n) is 5.20. The van der Waals surface area contributed by atoms with Crippen LogP contribution >= 0.6 is 12.2 Å². The van der Waals surface area contributed by atoms with Crippen molar-refractivity contribution in [2.45, 2.75) is 26.7 Å². The summed E-state index contributed by atoms with van der Waals surface area (Å²) in [7, 11) is 1.69. The van der Waals surface area contributed by atoms with Crippen molar-refractivity contribution >= 4 is 23.1 Å². The highest BCUT2D eigenvalue weighted by molar-refractivity contribution is 7.80. The Hall–Kier alpha value is -0.680. The maximum absolute atomic E-state index is 12.3. The van der Waals surface area contributed by atoms with Crippen LogP contribution in [0.5, 0.6) is 0 Å². The summed E-state index contributed by atoms with van der Waals surface area (Å²) in [6, 6.07) is 0. The highest BCUT2D eigenvalue weighted by atomic mass is 32.1. The van der Waals surface area contributed by atoms with E-state index in [1.165, 1.54) is 0 Å². The van der Waals surface area contributed by atoms with E-state index in [0.717, 1.165) is 25.9 Å². The number of likely N-dealkylation sites (tertiary alicyclic amines) is 1. The minimum atomic E-state index is -0.746. The van der Waals surface area contributed by atoms with Gasteiger partial charge in [0.1, 0.15) is 0 Å². The molecule has 0 bridgehead atoms. The molecule has 1 heterocycles. The monoisotopic (exact) mass is 258 g/mol. The number of hydrogen-bond donors (Lipinski definition) is 1. The Morgan fingerprint density at radius 1 is 1.59 bits per heavy atom. The molecule has 1 fully saturated rings. The second kappa shape index (κ2) is 5.78. The van der Waals surface area contributed by atoms with Crippen LogP contribution in [0, 0.1) is 11.3 Å². The van der Waals surface area contributed by atoms with Gasteiger partial charge in [0.2, 0.25) is 5.91 Å². The Balaban J connectivity index is 2.66. The summed E-state index contributed by atoms with van der Waals surface area (Å²) in [5, 5.41) is 0. The van der Waals surface area contributed by atoms with Gasteiger partial charge in [-0.05, 0) is 32.6 Å². The van der Waals surface area contributed by atoms with Crippen LogP contribution in [0.4, 0.5) is 0 Å². The number of carbonyl (C=O) groups excluding carboxylic acids is 1. The summed E-state index contributed by atoms with van der Waals surface area (Å²) in [6.45, 7) is 5.83. The predicted octanol–water partition coefficient (Wildman–Crippen LogP) is 1.18. The topological polar surface area (TPSA) is 55.6 Å². The number of carbonyl (C=O) groups is 1. The number of rotatable bonds is 4. The quantitative estimate of drug-likeness (QED) is 0.769. The van der Waals surface area contributed by atoms with Gasteiger partial charge < -0.3 is 15.4 Å². The molecular formula is C12H22N2O2S. The summed E-state index contributed by atoms with van der Waals surface area (Å²) in [5.41, 5.74) is 4.88. The largest absolute Gasteiger partial charge is 0.392 e. The van der Waals surface area contributed by atoms with Crippen LogP contribution in [0.25, 0.3) is 0 Å². The van der Waals surface area contributed by atoms with Gasteiger partial charge in [0, 0.05) is 20.2 Å². The van der Waals surface area contributed by atoms with E-state index >= 15 is 0 Å². The number of nitrogens with zero attached hydrogens (tertiary/aromatic N) is 1. The summed E-state index contributed by atoms with van der Waals surface area (Å²) in [5.74, 6) is 0.464. The lowest BCUT2D eigenvalue weighted by molar-refractivity contribution is -0.139. The maximum Gasteiger partial charge on any atom is 0.235 e. The van der Waals surface area contributed by atoms with Crippen molar-refractivity contribution in [2.24, 2.45) is 17.1 Å². The molecule has 4 nitrogen and oxygen atoms in total. The van der Waals surface area contributed by atoms with Crippen LogP contribution in [0.15, 0.2) is 0 Å². The highest BCUT2D eigenvalue weighted by Crippen LogP contribution is 2.24. The number of amides is 1. The third-order valence-corrected chi connectivity index (χ3v) is 3.87. The maximum atomic E-state index is 12.3. The average Bonchev–Trinajstić information content (AvgIpc) is 2.28. The zero-order chi connectivity index (χ0) is 13.1. The number of thiocarbonyl (C=S) groups is 1. The SMILES string of the molecule is COCC1CCCN(C(=O)C(C)(C)C(N)=S)C1. The van der Waals surface area contributed by atoms with Gasteiger partial charge in [-0.15, -0.1) is 0 Å². The lowest BCUT2D eigenvalue weighted by atomic mass is 9.89. The lowest BCUT2D eigenvalue weighted by Gasteiger charge is -2.37. The first-order chi connectivity index (χ1) is 7.89. The van der Waals surface area contributed by atoms with Gasteiger partial charge in [-0.2, -0.15) is 0 Å². The molecule has 1 unspecified atom stereocenters. The fourth-order valence-corrected chi connectivity index (χ4v) is 2.21. The molecule has 1 rings (SSSR count). The smallest absolute Gasteiger partial charge is 0.235 e. The number of hydrogen-bond acceptors (Lipinski definition) is 3. The Morgan fingerprint density at radius 2 is 2.24 bits per heavy atom. The third-order valence-electron chi connectivity index (χ3n) is 3.36. The van der Waals surface area contributed by atoms with Gasteiger partial charge in [0.15, 0.2) is 0 Å². The highest BCUT2D eigenvalue weighted by Gasteiger charge is 2.36. The standard InChI is InChI=1S/C12H22N2O2S/c1-12(2,10(13)17)11(15)14-6-4-5-9(7-14)8-16-3/h9H,4-8H2,1-3H3,(H2,13,17). The van der Waals surface area contributed by atoms with Crippen molar-refractivity contribution in [3.05, 3.63) is 0 Å². The molecule has 1 aliphatic heterocycles. The number of ether oxygens (including phenoxy) is 1. The molecule has 5 heteroatoms. The van der Waals surface area contributed by atoms with E-state index in [1.807, 2.05) is 4.90 Å². The molecule has 0 spiro atoms. The van der Waals surface area contributed by atoms with Gasteiger partial charge >= 0.3 is 0 Å². The van der Waals surface area contributed by atoms with E-state index in [2.05, 4.69) is 0 Å². The predicted molar refractivity (Wildman–Crippen MR) is 71.7 cm³/mol. The summed E-state index contributed by atoms with van der Waals surface area (Å²) < 4.78 is 5.15. The van der Waals surface area contributed by atoms with E-state index in [1.54, 1.807) is 21.0 Å². The number of methoxy groups -OCH3 is 1. The first kappa shape index (κ1) is 14.4. The first-order valence-corrected chi connectivity index (χ1v) is 6.38. The molecule has 98 valence electrons. The Kier molecular flexibility index (Phi) is 4.89. The van der Waals surface area contributed by atoms with Crippen molar-refractivity contribution in [3.8, 4) is 0 Å². The van der Waals surface area contributed by atoms with Crippen LogP contribution in [-0.2, 0) is 9.53 Å². The Bertz CT molecular complexity index is 303. The second-order valence-corrected chi connectivity index (χ2v) is 5.64. The van der Waals surface area contributed by atoms with Crippen molar-refractivity contribution < 1.29 is 9.53 Å². The molecular weight excluding hydrogens is 236 g/mol. The Morgan fingerprint density at radius 3 is 2.76 bits per heavy atom. The van der Waals surface area contributed by atoms with Gasteiger partial charge in [-0.1, -0.05) is 12.2 Å². The molecule has 1 amide bonds. The molecule has 0 aromatic carbocycles. The van der Waals surface area contributed by atoms with Gasteiger partial charge in [-0.3, -0.25) is 4.79 Å². The molecule has 0 radical (unpaired) electrons. The van der Waals surface area contributed by atoms with Gasteiger partial charge in [0.05, 0.1) is 17.0 Å². The van der Waals surface area contributed by atoms with E-state index in [-0.39, 0.29) is 10.9 Å². The molecule has 17 heavy (non-hydrogen) atoms. The molecule has 0 saturated carbocycles. The molecule has 0 aliphatic carbocycles. The van der Waals surface area contributed by atoms with E-state index in [4.69, 9.17) is 22.7 Å². The van der Waals surface area contributed by atoms with E-state index in [0.29, 0.717) is 12.5 Å². The molecule has 1 saturated heterocycles. The lowest BCUT2D eigenvalue weighted by Crippen LogP contribution is -2.50. The fraction of sp³-hybridized carbons (Fsp3) is 0.833. The fourth-order valence-electron chi connectivity index (χ4n) is 2.12. The summed E-state index contributed by atoms with van der Waals surface area (Å²) in [6.07, 6.45) is 2.14. The molecule has 0 aromatic rings. The normalized spacial score (nSPS) is 21.4. The van der Waals surface area contributed by atoms with Crippen LogP contribution in [0.1, 0.15) is 26.7 Å². The minimum absolute atomic E-state index is 0.0332. The van der Waals surface area contributed by atoms with E-state index in [9.17, 15) is 4.79 Å². The zero-order valence-corrected chi connectivity index (χ0v) is 11.7. The van der Waals surface area contributed by atoms with Crippen LogP contribution in [0.3, 0.4) is 0 Å². The number of nitrogens with two attached hydrogens (primary N) is 1. The Labute approximate surface area is 108 Å². The molecule has 0 aromatic heterocycles. The van der Waals surface area contributed by atoms with Gasteiger partial charge in [0.25, 0.3) is 0 Å². The van der Waals surface area contributed by atoms with Crippen LogP contribution < -0.4 is 5.73 Å². The molecule has 1 atom stereocenters. The summed E-state index contributed by atoms with van der Waals surface area (Å²) >= 11 is 4.96. The number of piperidine rings is 1. The molecule has 2 N–H and O–H groups in total. The van der Waals surface area contributed by atoms with Gasteiger partial charge in [-0.25, -0.2) is 0 Å². The van der Waals surface area contributed by atoms with Crippen molar-refractivity contribution in [1.82, 2.24) is 4.90 Å². The minimum Gasteiger partial charge on any atom is -0.392 e. The van der Waals surface area contributed by atoms with E-state index < -0.39 is 5.41 Å².